The number of hydrogen-bond donors (Lipinski definition) is 3. The first-order valence-corrected chi connectivity index (χ1v) is 5.22. The monoisotopic (exact) mass is 229 g/mol. The van der Waals surface area contributed by atoms with E-state index in [1.165, 1.54) is 18.7 Å². The smallest absolute Gasteiger partial charge is 0.346 e. The number of hydrogen-bond acceptors (Lipinski definition) is 5. The summed E-state index contributed by atoms with van der Waals surface area (Å²) in [4.78, 5) is 27.9. The molecule has 0 spiro atoms. The van der Waals surface area contributed by atoms with Crippen LogP contribution in [0.2, 0.25) is 0 Å². The number of nitrogens with one attached hydrogen (secondary N) is 1. The Labute approximate surface area is 89.9 Å². The summed E-state index contributed by atoms with van der Waals surface area (Å²) in [5.41, 5.74) is 5.09. The lowest BCUT2D eigenvalue weighted by Crippen LogP contribution is -2.18. The van der Waals surface area contributed by atoms with E-state index >= 15 is 0 Å². The largest absolute Gasteiger partial charge is 0.478 e. The van der Waals surface area contributed by atoms with Gasteiger partial charge >= 0.3 is 11.7 Å². The molecule has 1 rings (SSSR count). The van der Waals surface area contributed by atoms with Crippen molar-refractivity contribution in [3.05, 3.63) is 21.7 Å². The highest BCUT2D eigenvalue weighted by atomic mass is 32.2. The second-order valence-electron chi connectivity index (χ2n) is 2.79. The number of aryl methyl sites for hydroxylation is 1. The van der Waals surface area contributed by atoms with Gasteiger partial charge in [0.15, 0.2) is 0 Å². The lowest BCUT2D eigenvalue weighted by atomic mass is 10.2. The Bertz CT molecular complexity index is 430. The molecule has 6 nitrogen and oxygen atoms in total. The number of aromatic nitrogens is 2. The van der Waals surface area contributed by atoms with Crippen molar-refractivity contribution in [3.63, 3.8) is 0 Å². The topological polar surface area (TPSA) is 109 Å². The van der Waals surface area contributed by atoms with E-state index in [9.17, 15) is 9.59 Å². The van der Waals surface area contributed by atoms with E-state index in [-0.39, 0.29) is 10.6 Å². The molecule has 7 heteroatoms. The van der Waals surface area contributed by atoms with Crippen LogP contribution in [0, 0.1) is 6.92 Å². The molecule has 0 atom stereocenters. The molecule has 0 saturated heterocycles. The number of thioether (sulfide) groups is 1. The Hall–Kier alpha value is -1.34. The summed E-state index contributed by atoms with van der Waals surface area (Å²) in [5.74, 6) is -0.577. The Morgan fingerprint density at radius 3 is 2.87 bits per heavy atom. The van der Waals surface area contributed by atoms with Crippen LogP contribution in [0.15, 0.2) is 9.82 Å². The van der Waals surface area contributed by atoms with E-state index in [1.54, 1.807) is 0 Å². The van der Waals surface area contributed by atoms with Crippen molar-refractivity contribution in [1.82, 2.24) is 9.97 Å². The average molecular weight is 229 g/mol. The molecule has 0 aliphatic rings. The third-order valence-corrected chi connectivity index (χ3v) is 2.67. The van der Waals surface area contributed by atoms with Gasteiger partial charge in [-0.05, 0) is 6.92 Å². The number of carboxylic acid groups (broad SMARTS) is 1. The van der Waals surface area contributed by atoms with E-state index < -0.39 is 11.7 Å². The number of rotatable bonds is 4. The van der Waals surface area contributed by atoms with E-state index in [1.807, 2.05) is 0 Å². The summed E-state index contributed by atoms with van der Waals surface area (Å²) in [5, 5.41) is 9.15. The fraction of sp³-hybridized carbons (Fsp3) is 0.375. The Kier molecular flexibility index (Phi) is 3.87. The molecule has 0 radical (unpaired) electrons. The molecule has 1 aromatic heterocycles. The van der Waals surface area contributed by atoms with Gasteiger partial charge in [-0.1, -0.05) is 0 Å². The van der Waals surface area contributed by atoms with Gasteiger partial charge in [0, 0.05) is 18.0 Å². The van der Waals surface area contributed by atoms with Crippen LogP contribution in [0.4, 0.5) is 0 Å². The van der Waals surface area contributed by atoms with Crippen LogP contribution in [0.25, 0.3) is 0 Å². The quantitative estimate of drug-likeness (QED) is 0.488. The average Bonchev–Trinajstić information content (AvgIpc) is 2.12. The molecule has 15 heavy (non-hydrogen) atoms. The molecule has 0 aromatic carbocycles. The Morgan fingerprint density at radius 1 is 1.67 bits per heavy atom. The normalized spacial score (nSPS) is 10.3. The fourth-order valence-electron chi connectivity index (χ4n) is 1.07. The fourth-order valence-corrected chi connectivity index (χ4v) is 1.91. The first kappa shape index (κ1) is 11.7. The summed E-state index contributed by atoms with van der Waals surface area (Å²) < 4.78 is 0. The number of nitrogens with zero attached hydrogens (tertiary/aromatic N) is 1. The van der Waals surface area contributed by atoms with Gasteiger partial charge in [0.1, 0.15) is 10.6 Å². The van der Waals surface area contributed by atoms with Gasteiger partial charge in [-0.2, -0.15) is 4.98 Å². The van der Waals surface area contributed by atoms with Gasteiger partial charge in [-0.25, -0.2) is 9.59 Å². The van der Waals surface area contributed by atoms with Gasteiger partial charge in [0.2, 0.25) is 0 Å². The minimum absolute atomic E-state index is 0.0352. The molecule has 0 bridgehead atoms. The number of carbonyl (C=O) groups is 1. The third-order valence-electron chi connectivity index (χ3n) is 1.66. The molecular formula is C8H11N3O3S. The molecule has 4 N–H and O–H groups in total. The Morgan fingerprint density at radius 2 is 2.33 bits per heavy atom. The molecule has 0 aliphatic heterocycles. The first-order valence-electron chi connectivity index (χ1n) is 4.23. The summed E-state index contributed by atoms with van der Waals surface area (Å²) in [6.07, 6.45) is 0. The van der Waals surface area contributed by atoms with Gasteiger partial charge < -0.3 is 15.8 Å². The second-order valence-corrected chi connectivity index (χ2v) is 3.87. The lowest BCUT2D eigenvalue weighted by Gasteiger charge is -2.05. The van der Waals surface area contributed by atoms with Crippen molar-refractivity contribution >= 4 is 17.7 Å². The molecule has 0 saturated carbocycles. The van der Waals surface area contributed by atoms with E-state index in [0.717, 1.165) is 0 Å². The predicted octanol–water partition coefficient (Wildman–Crippen LogP) is -0.173. The molecule has 82 valence electrons. The van der Waals surface area contributed by atoms with Crippen molar-refractivity contribution in [1.29, 1.82) is 0 Å². The summed E-state index contributed by atoms with van der Waals surface area (Å²) in [6, 6.07) is 0. The number of H-pyrrole nitrogens is 1. The summed E-state index contributed by atoms with van der Waals surface area (Å²) >= 11 is 1.17. The van der Waals surface area contributed by atoms with Gasteiger partial charge in [0.05, 0.1) is 0 Å². The SMILES string of the molecule is Cc1[nH]c(=O)nc(SCCN)c1C(=O)O. The van der Waals surface area contributed by atoms with E-state index in [0.29, 0.717) is 18.0 Å². The van der Waals surface area contributed by atoms with Crippen molar-refractivity contribution in [2.75, 3.05) is 12.3 Å². The molecule has 0 unspecified atom stereocenters. The third kappa shape index (κ3) is 2.80. The first-order chi connectivity index (χ1) is 7.06. The molecule has 1 heterocycles. The predicted molar refractivity (Wildman–Crippen MR) is 56.3 cm³/mol. The van der Waals surface area contributed by atoms with E-state index in [4.69, 9.17) is 10.8 Å². The highest BCUT2D eigenvalue weighted by Crippen LogP contribution is 2.19. The summed E-state index contributed by atoms with van der Waals surface area (Å²) in [7, 11) is 0. The van der Waals surface area contributed by atoms with Gasteiger partial charge in [-0.3, -0.25) is 0 Å². The lowest BCUT2D eigenvalue weighted by molar-refractivity contribution is 0.0690. The zero-order valence-electron chi connectivity index (χ0n) is 8.11. The van der Waals surface area contributed by atoms with Crippen LogP contribution in [0.3, 0.4) is 0 Å². The van der Waals surface area contributed by atoms with Crippen LogP contribution < -0.4 is 11.4 Å². The minimum Gasteiger partial charge on any atom is -0.478 e. The maximum Gasteiger partial charge on any atom is 0.346 e. The summed E-state index contributed by atoms with van der Waals surface area (Å²) in [6.45, 7) is 1.93. The Balaban J connectivity index is 3.21. The molecule has 0 amide bonds. The number of carboxylic acids is 1. The highest BCUT2D eigenvalue weighted by Gasteiger charge is 2.16. The number of aromatic amines is 1. The zero-order chi connectivity index (χ0) is 11.4. The molecule has 1 aromatic rings. The van der Waals surface area contributed by atoms with Gasteiger partial charge in [-0.15, -0.1) is 11.8 Å². The van der Waals surface area contributed by atoms with Crippen molar-refractivity contribution in [2.24, 2.45) is 5.73 Å². The van der Waals surface area contributed by atoms with Crippen LogP contribution >= 0.6 is 11.8 Å². The minimum atomic E-state index is -1.10. The zero-order valence-corrected chi connectivity index (χ0v) is 8.93. The maximum atomic E-state index is 11.0. The van der Waals surface area contributed by atoms with Crippen molar-refractivity contribution in [3.8, 4) is 0 Å². The standard InChI is InChI=1S/C8H11N3O3S/c1-4-5(7(12)13)6(15-3-2-9)11-8(14)10-4/h2-3,9H2,1H3,(H,12,13)(H,10,11,14). The molecule has 0 fully saturated rings. The second kappa shape index (κ2) is 4.94. The highest BCUT2D eigenvalue weighted by molar-refractivity contribution is 7.99. The van der Waals surface area contributed by atoms with Crippen LogP contribution in [-0.4, -0.2) is 33.3 Å². The molecule has 0 aliphatic carbocycles. The van der Waals surface area contributed by atoms with Gasteiger partial charge in [0.25, 0.3) is 0 Å². The van der Waals surface area contributed by atoms with E-state index in [2.05, 4.69) is 9.97 Å². The van der Waals surface area contributed by atoms with Crippen LogP contribution in [0.1, 0.15) is 16.1 Å². The maximum absolute atomic E-state index is 11.0. The molecular weight excluding hydrogens is 218 g/mol. The van der Waals surface area contributed by atoms with Crippen molar-refractivity contribution in [2.45, 2.75) is 11.9 Å². The number of nitrogens with two attached hydrogens (primary N) is 1. The number of aromatic carboxylic acids is 1. The van der Waals surface area contributed by atoms with Crippen molar-refractivity contribution < 1.29 is 9.90 Å². The van der Waals surface area contributed by atoms with Crippen LogP contribution in [-0.2, 0) is 0 Å². The van der Waals surface area contributed by atoms with Crippen LogP contribution in [0.5, 0.6) is 0 Å².